The van der Waals surface area contributed by atoms with Gasteiger partial charge in [0.25, 0.3) is 0 Å². The highest BCUT2D eigenvalue weighted by molar-refractivity contribution is 6.31. The lowest BCUT2D eigenvalue weighted by molar-refractivity contribution is -0.137. The minimum atomic E-state index is -4.60. The molecule has 0 saturated heterocycles. The van der Waals surface area contributed by atoms with Gasteiger partial charge in [0.2, 0.25) is 11.9 Å². The second kappa shape index (κ2) is 13.5. The van der Waals surface area contributed by atoms with Gasteiger partial charge in [-0.1, -0.05) is 43.9 Å². The van der Waals surface area contributed by atoms with Crippen LogP contribution >= 0.6 is 11.6 Å². The van der Waals surface area contributed by atoms with Crippen LogP contribution in [0.2, 0.25) is 5.02 Å². The smallest absolute Gasteiger partial charge is 0.357 e. The molecule has 2 aromatic carbocycles. The van der Waals surface area contributed by atoms with Crippen molar-refractivity contribution in [2.24, 2.45) is 12.8 Å². The first-order valence-electron chi connectivity index (χ1n) is 13.9. The van der Waals surface area contributed by atoms with Crippen molar-refractivity contribution in [2.45, 2.75) is 64.1 Å². The summed E-state index contributed by atoms with van der Waals surface area (Å²) in [4.78, 5) is 21.4. The Labute approximate surface area is 247 Å². The highest BCUT2D eigenvalue weighted by Crippen LogP contribution is 2.35. The number of aromatic nitrogens is 4. The van der Waals surface area contributed by atoms with Gasteiger partial charge in [-0.3, -0.25) is 9.48 Å². The third-order valence-electron chi connectivity index (χ3n) is 7.16. The maximum absolute atomic E-state index is 13.1. The van der Waals surface area contributed by atoms with Crippen LogP contribution in [-0.4, -0.2) is 38.7 Å². The second-order valence-corrected chi connectivity index (χ2v) is 10.8. The number of halogens is 4. The molecule has 224 valence electrons. The van der Waals surface area contributed by atoms with Crippen molar-refractivity contribution in [1.82, 2.24) is 19.7 Å². The zero-order valence-corrected chi connectivity index (χ0v) is 24.6. The van der Waals surface area contributed by atoms with Gasteiger partial charge in [0, 0.05) is 43.4 Å². The van der Waals surface area contributed by atoms with E-state index in [1.165, 1.54) is 38.2 Å². The summed E-state index contributed by atoms with van der Waals surface area (Å²) >= 11 is 5.65. The molecule has 2 heterocycles. The Bertz CT molecular complexity index is 1550. The fourth-order valence-electron chi connectivity index (χ4n) is 4.96. The predicted molar refractivity (Wildman–Crippen MR) is 161 cm³/mol. The molecule has 1 saturated carbocycles. The number of hydrogen-bond acceptors (Lipinski definition) is 6. The lowest BCUT2D eigenvalue weighted by Gasteiger charge is -2.15. The van der Waals surface area contributed by atoms with E-state index in [2.05, 4.69) is 25.7 Å². The lowest BCUT2D eigenvalue weighted by Crippen LogP contribution is -2.22. The molecule has 0 spiro atoms. The molecule has 4 N–H and O–H groups in total. The first-order valence-corrected chi connectivity index (χ1v) is 14.3. The van der Waals surface area contributed by atoms with E-state index < -0.39 is 22.7 Å². The Hall–Kier alpha value is -3.70. The molecule has 4 aromatic rings. The molecule has 1 aliphatic carbocycles. The summed E-state index contributed by atoms with van der Waals surface area (Å²) in [5.74, 6) is 0.330. The van der Waals surface area contributed by atoms with Gasteiger partial charge < -0.3 is 16.4 Å². The highest BCUT2D eigenvalue weighted by Gasteiger charge is 2.33. The van der Waals surface area contributed by atoms with E-state index in [0.29, 0.717) is 12.0 Å². The summed E-state index contributed by atoms with van der Waals surface area (Å²) in [7, 11) is 3.50. The Morgan fingerprint density at radius 2 is 1.88 bits per heavy atom. The average Bonchev–Trinajstić information content (AvgIpc) is 3.32. The van der Waals surface area contributed by atoms with E-state index in [0.717, 1.165) is 46.3 Å². The van der Waals surface area contributed by atoms with Crippen LogP contribution < -0.4 is 16.4 Å². The van der Waals surface area contributed by atoms with Crippen molar-refractivity contribution >= 4 is 40.2 Å². The number of anilines is 2. The molecule has 1 amide bonds. The van der Waals surface area contributed by atoms with Gasteiger partial charge in [-0.2, -0.15) is 18.3 Å². The monoisotopic (exact) mass is 601 g/mol. The van der Waals surface area contributed by atoms with E-state index in [1.807, 2.05) is 19.1 Å². The Morgan fingerprint density at radius 3 is 2.50 bits per heavy atom. The normalized spacial score (nSPS) is 13.9. The Balaban J connectivity index is 0.000000507. The molecular weight excluding hydrogens is 567 g/mol. The van der Waals surface area contributed by atoms with Crippen LogP contribution in [0.25, 0.3) is 22.2 Å². The number of carbonyl (C=O) groups is 1. The molecule has 1 aliphatic rings. The molecule has 42 heavy (non-hydrogen) atoms. The van der Waals surface area contributed by atoms with Gasteiger partial charge >= 0.3 is 6.18 Å². The van der Waals surface area contributed by atoms with Crippen molar-refractivity contribution in [3.8, 4) is 11.3 Å². The topological polar surface area (TPSA) is 111 Å². The summed E-state index contributed by atoms with van der Waals surface area (Å²) in [5.41, 5.74) is 8.37. The van der Waals surface area contributed by atoms with Crippen LogP contribution in [0.3, 0.4) is 0 Å². The average molecular weight is 602 g/mol. The molecule has 5 rings (SSSR count). The van der Waals surface area contributed by atoms with E-state index in [1.54, 1.807) is 31.0 Å². The van der Waals surface area contributed by atoms with E-state index >= 15 is 0 Å². The molecule has 0 radical (unpaired) electrons. The molecule has 1 fully saturated rings. The van der Waals surface area contributed by atoms with Crippen molar-refractivity contribution < 1.29 is 18.0 Å². The van der Waals surface area contributed by atoms with Crippen LogP contribution in [0.15, 0.2) is 42.6 Å². The maximum atomic E-state index is 13.1. The van der Waals surface area contributed by atoms with Crippen LogP contribution in [0.5, 0.6) is 0 Å². The van der Waals surface area contributed by atoms with Gasteiger partial charge in [-0.05, 0) is 54.7 Å². The maximum Gasteiger partial charge on any atom is 0.417 e. The quantitative estimate of drug-likeness (QED) is 0.225. The number of fused-ring (bicyclic) bond motifs is 1. The van der Waals surface area contributed by atoms with Gasteiger partial charge in [0.15, 0.2) is 5.82 Å². The van der Waals surface area contributed by atoms with Crippen molar-refractivity contribution in [2.75, 3.05) is 17.7 Å². The third kappa shape index (κ3) is 7.77. The van der Waals surface area contributed by atoms with E-state index in [-0.39, 0.29) is 17.8 Å². The fourth-order valence-corrected chi connectivity index (χ4v) is 5.19. The standard InChI is InChI=1S/C24H22ClF3N6O.C6H13N/c1-4-14-9-15(10-16-12-30-23(29-2)32-22(14)16)19-11-20(33-34(19)3)31-21(35)8-13-5-6-18(25)17(7-13)24(26,27)28;7-6-4-2-1-3-5-6/h5-7,9-12H,4,8H2,1-3H3,(H,29,30,32)(H,31,33,35);6H,1-5,7H2. The SMILES string of the molecule is CCc1cc(-c2cc(NC(=O)Cc3ccc(Cl)c(C(F)(F)F)c3)nn2C)cc2cnc(NC)nc12.NC1CCCCC1. The lowest BCUT2D eigenvalue weighted by atomic mass is 9.97. The zero-order valence-electron chi connectivity index (χ0n) is 23.9. The predicted octanol–water partition coefficient (Wildman–Crippen LogP) is 6.77. The van der Waals surface area contributed by atoms with Gasteiger partial charge in [-0.25, -0.2) is 9.97 Å². The van der Waals surface area contributed by atoms with Gasteiger partial charge in [0.05, 0.1) is 28.2 Å². The van der Waals surface area contributed by atoms with Crippen LogP contribution in [0.1, 0.15) is 55.7 Å². The number of nitrogens with two attached hydrogens (primary N) is 1. The van der Waals surface area contributed by atoms with Gasteiger partial charge in [0.1, 0.15) is 0 Å². The minimum absolute atomic E-state index is 0.193. The summed E-state index contributed by atoms with van der Waals surface area (Å²) < 4.78 is 40.9. The molecular formula is C30H35ClF3N7O. The number of amides is 1. The number of alkyl halides is 3. The molecule has 0 unspecified atom stereocenters. The highest BCUT2D eigenvalue weighted by atomic mass is 35.5. The number of aryl methyl sites for hydroxylation is 2. The van der Waals surface area contributed by atoms with Crippen LogP contribution in [0.4, 0.5) is 24.9 Å². The first kappa shape index (κ1) is 31.2. The first-order chi connectivity index (χ1) is 20.0. The largest absolute Gasteiger partial charge is 0.417 e. The molecule has 8 nitrogen and oxygen atoms in total. The van der Waals surface area contributed by atoms with E-state index in [9.17, 15) is 18.0 Å². The number of nitrogens with one attached hydrogen (secondary N) is 2. The van der Waals surface area contributed by atoms with Gasteiger partial charge in [-0.15, -0.1) is 0 Å². The van der Waals surface area contributed by atoms with Crippen LogP contribution in [0, 0.1) is 0 Å². The number of carbonyl (C=O) groups excluding carboxylic acids is 1. The minimum Gasteiger partial charge on any atom is -0.357 e. The summed E-state index contributed by atoms with van der Waals surface area (Å²) in [5, 5.41) is 10.4. The zero-order chi connectivity index (χ0) is 30.4. The van der Waals surface area contributed by atoms with E-state index in [4.69, 9.17) is 17.3 Å². The van der Waals surface area contributed by atoms with Crippen molar-refractivity contribution in [3.63, 3.8) is 0 Å². The number of rotatable bonds is 6. The van der Waals surface area contributed by atoms with Crippen molar-refractivity contribution in [1.29, 1.82) is 0 Å². The fraction of sp³-hybridized carbons (Fsp3) is 0.400. The van der Waals surface area contributed by atoms with Crippen LogP contribution in [-0.2, 0) is 30.9 Å². The summed E-state index contributed by atoms with van der Waals surface area (Å²) in [6.45, 7) is 2.04. The third-order valence-corrected chi connectivity index (χ3v) is 7.49. The molecule has 0 bridgehead atoms. The molecule has 2 aromatic heterocycles. The molecule has 0 atom stereocenters. The number of benzene rings is 2. The Morgan fingerprint density at radius 1 is 1.14 bits per heavy atom. The number of nitrogens with zero attached hydrogens (tertiary/aromatic N) is 4. The summed E-state index contributed by atoms with van der Waals surface area (Å²) in [6.07, 6.45) is 4.31. The molecule has 0 aliphatic heterocycles. The molecule has 12 heteroatoms. The Kier molecular flexibility index (Phi) is 10.1. The summed E-state index contributed by atoms with van der Waals surface area (Å²) in [6, 6.07) is 9.63. The second-order valence-electron chi connectivity index (χ2n) is 10.3. The number of hydrogen-bond donors (Lipinski definition) is 3. The van der Waals surface area contributed by atoms with Crippen molar-refractivity contribution in [3.05, 3.63) is 64.3 Å².